The molecule has 0 aliphatic rings. The Balaban J connectivity index is 2.11. The smallest absolute Gasteiger partial charge is 0.213 e. The fraction of sp³-hybridized carbons (Fsp3) is 0.300. The first-order valence-corrected chi connectivity index (χ1v) is 4.79. The van der Waals surface area contributed by atoms with Gasteiger partial charge in [0.05, 0.1) is 25.5 Å². The molecule has 2 aromatic heterocycles. The summed E-state index contributed by atoms with van der Waals surface area (Å²) in [7, 11) is 1.60. The van der Waals surface area contributed by atoms with Crippen molar-refractivity contribution in [3.8, 4) is 5.75 Å². The zero-order chi connectivity index (χ0) is 11.4. The number of nitrogens with one attached hydrogen (secondary N) is 1. The van der Waals surface area contributed by atoms with Crippen LogP contribution in [0.15, 0.2) is 23.2 Å². The molecule has 0 bridgehead atoms. The lowest BCUT2D eigenvalue weighted by molar-refractivity contribution is 0.409. The highest BCUT2D eigenvalue weighted by Gasteiger charge is 2.05. The summed E-state index contributed by atoms with van der Waals surface area (Å²) in [5.41, 5.74) is 1.77. The largest absolute Gasteiger partial charge is 0.493 e. The molecule has 84 valence electrons. The number of hydrogen-bond acceptors (Lipinski definition) is 6. The maximum absolute atomic E-state index is 5.18. The van der Waals surface area contributed by atoms with Crippen molar-refractivity contribution >= 4 is 5.69 Å². The average Bonchev–Trinajstić information content (AvgIpc) is 2.79. The van der Waals surface area contributed by atoms with Gasteiger partial charge in [-0.1, -0.05) is 5.16 Å². The van der Waals surface area contributed by atoms with Crippen LogP contribution in [0.25, 0.3) is 0 Å². The summed E-state index contributed by atoms with van der Waals surface area (Å²) in [5, 5.41) is 6.86. The van der Waals surface area contributed by atoms with Crippen LogP contribution in [0.2, 0.25) is 0 Å². The summed E-state index contributed by atoms with van der Waals surface area (Å²) in [6, 6.07) is 1.90. The summed E-state index contributed by atoms with van der Waals surface area (Å²) in [6.45, 7) is 2.40. The fourth-order valence-corrected chi connectivity index (χ4v) is 1.29. The molecule has 0 fully saturated rings. The molecule has 2 heterocycles. The Kier molecular flexibility index (Phi) is 3.00. The van der Waals surface area contributed by atoms with Crippen molar-refractivity contribution in [2.24, 2.45) is 0 Å². The molecule has 0 amide bonds. The first kappa shape index (κ1) is 10.4. The quantitative estimate of drug-likeness (QED) is 0.839. The van der Waals surface area contributed by atoms with Crippen molar-refractivity contribution in [3.05, 3.63) is 30.2 Å². The monoisotopic (exact) mass is 220 g/mol. The minimum atomic E-state index is 0.482. The SMILES string of the molecule is COc1cnc(C)cc1NCc1ncon1. The van der Waals surface area contributed by atoms with Crippen LogP contribution >= 0.6 is 0 Å². The molecule has 0 aromatic carbocycles. The van der Waals surface area contributed by atoms with E-state index in [9.17, 15) is 0 Å². The number of hydrogen-bond donors (Lipinski definition) is 1. The van der Waals surface area contributed by atoms with E-state index in [2.05, 4.69) is 25.0 Å². The van der Waals surface area contributed by atoms with Crippen LogP contribution in [0.5, 0.6) is 5.75 Å². The van der Waals surface area contributed by atoms with E-state index in [1.165, 1.54) is 6.39 Å². The Morgan fingerprint density at radius 2 is 2.31 bits per heavy atom. The predicted molar refractivity (Wildman–Crippen MR) is 57.2 cm³/mol. The van der Waals surface area contributed by atoms with Gasteiger partial charge in [0, 0.05) is 5.69 Å². The number of aryl methyl sites for hydroxylation is 1. The Bertz CT molecular complexity index is 456. The number of anilines is 1. The zero-order valence-electron chi connectivity index (χ0n) is 9.10. The molecule has 1 N–H and O–H groups in total. The molecule has 0 radical (unpaired) electrons. The highest BCUT2D eigenvalue weighted by Crippen LogP contribution is 2.23. The van der Waals surface area contributed by atoms with Crippen LogP contribution in [0, 0.1) is 6.92 Å². The van der Waals surface area contributed by atoms with Gasteiger partial charge in [-0.25, -0.2) is 0 Å². The second-order valence-electron chi connectivity index (χ2n) is 3.23. The molecule has 6 nitrogen and oxygen atoms in total. The molecule has 0 aliphatic carbocycles. The Hall–Kier alpha value is -2.11. The van der Waals surface area contributed by atoms with E-state index in [-0.39, 0.29) is 0 Å². The summed E-state index contributed by atoms with van der Waals surface area (Å²) < 4.78 is 9.82. The molecular weight excluding hydrogens is 208 g/mol. The third kappa shape index (κ3) is 2.28. The van der Waals surface area contributed by atoms with Crippen molar-refractivity contribution in [2.45, 2.75) is 13.5 Å². The van der Waals surface area contributed by atoms with Crippen molar-refractivity contribution in [3.63, 3.8) is 0 Å². The third-order valence-corrected chi connectivity index (χ3v) is 2.07. The minimum Gasteiger partial charge on any atom is -0.493 e. The molecule has 0 saturated carbocycles. The first-order chi connectivity index (χ1) is 7.79. The summed E-state index contributed by atoms with van der Waals surface area (Å²) in [6.07, 6.45) is 2.97. The van der Waals surface area contributed by atoms with Crippen molar-refractivity contribution in [1.82, 2.24) is 15.1 Å². The normalized spacial score (nSPS) is 10.1. The van der Waals surface area contributed by atoms with Crippen LogP contribution in [-0.2, 0) is 6.54 Å². The molecule has 2 aromatic rings. The molecule has 0 aliphatic heterocycles. The second-order valence-corrected chi connectivity index (χ2v) is 3.23. The van der Waals surface area contributed by atoms with E-state index in [0.29, 0.717) is 18.1 Å². The predicted octanol–water partition coefficient (Wildman–Crippen LogP) is 1.39. The molecule has 0 spiro atoms. The average molecular weight is 220 g/mol. The van der Waals surface area contributed by atoms with Gasteiger partial charge >= 0.3 is 0 Å². The minimum absolute atomic E-state index is 0.482. The maximum atomic E-state index is 5.18. The van der Waals surface area contributed by atoms with E-state index < -0.39 is 0 Å². The molecule has 2 rings (SSSR count). The van der Waals surface area contributed by atoms with Crippen molar-refractivity contribution in [1.29, 1.82) is 0 Å². The van der Waals surface area contributed by atoms with E-state index in [1.807, 2.05) is 13.0 Å². The Labute approximate surface area is 92.7 Å². The standard InChI is InChI=1S/C10H12N4O2/c1-7-3-8(9(15-2)4-11-7)12-5-10-13-6-16-14-10/h3-4,6H,5H2,1-2H3,(H,11,12). The molecule has 0 unspecified atom stereocenters. The van der Waals surface area contributed by atoms with Gasteiger partial charge in [-0.15, -0.1) is 0 Å². The number of ether oxygens (including phenoxy) is 1. The van der Waals surface area contributed by atoms with Crippen LogP contribution < -0.4 is 10.1 Å². The van der Waals surface area contributed by atoms with Crippen molar-refractivity contribution < 1.29 is 9.26 Å². The highest BCUT2D eigenvalue weighted by atomic mass is 16.5. The van der Waals surface area contributed by atoms with Gasteiger partial charge in [-0.2, -0.15) is 4.98 Å². The lowest BCUT2D eigenvalue weighted by Gasteiger charge is -2.09. The molecule has 0 saturated heterocycles. The van der Waals surface area contributed by atoms with Crippen LogP contribution in [0.4, 0.5) is 5.69 Å². The topological polar surface area (TPSA) is 73.1 Å². The Morgan fingerprint density at radius 3 is 3.00 bits per heavy atom. The van der Waals surface area contributed by atoms with Crippen LogP contribution in [0.1, 0.15) is 11.5 Å². The molecular formula is C10H12N4O2. The van der Waals surface area contributed by atoms with E-state index in [4.69, 9.17) is 4.74 Å². The fourth-order valence-electron chi connectivity index (χ4n) is 1.29. The second kappa shape index (κ2) is 4.61. The van der Waals surface area contributed by atoms with Crippen LogP contribution in [0.3, 0.4) is 0 Å². The van der Waals surface area contributed by atoms with Gasteiger partial charge in [0.25, 0.3) is 0 Å². The van der Waals surface area contributed by atoms with E-state index in [1.54, 1.807) is 13.3 Å². The number of nitrogens with zero attached hydrogens (tertiary/aromatic N) is 3. The Morgan fingerprint density at radius 1 is 1.44 bits per heavy atom. The maximum Gasteiger partial charge on any atom is 0.213 e. The third-order valence-electron chi connectivity index (χ3n) is 2.07. The summed E-state index contributed by atoms with van der Waals surface area (Å²) in [4.78, 5) is 8.05. The zero-order valence-corrected chi connectivity index (χ0v) is 9.10. The molecule has 0 atom stereocenters. The van der Waals surface area contributed by atoms with Crippen LogP contribution in [-0.4, -0.2) is 22.2 Å². The van der Waals surface area contributed by atoms with E-state index in [0.717, 1.165) is 11.4 Å². The van der Waals surface area contributed by atoms with Gasteiger partial charge in [0.2, 0.25) is 6.39 Å². The lowest BCUT2D eigenvalue weighted by atomic mass is 10.3. The number of pyridine rings is 1. The van der Waals surface area contributed by atoms with Gasteiger partial charge in [0.15, 0.2) is 11.6 Å². The summed E-state index contributed by atoms with van der Waals surface area (Å²) in [5.74, 6) is 1.28. The molecule has 6 heteroatoms. The number of rotatable bonds is 4. The first-order valence-electron chi connectivity index (χ1n) is 4.79. The lowest BCUT2D eigenvalue weighted by Crippen LogP contribution is -2.03. The van der Waals surface area contributed by atoms with Gasteiger partial charge in [-0.3, -0.25) is 4.98 Å². The summed E-state index contributed by atoms with van der Waals surface area (Å²) >= 11 is 0. The van der Waals surface area contributed by atoms with Crippen molar-refractivity contribution in [2.75, 3.05) is 12.4 Å². The van der Waals surface area contributed by atoms with Gasteiger partial charge in [-0.05, 0) is 13.0 Å². The molecule has 16 heavy (non-hydrogen) atoms. The number of aromatic nitrogens is 3. The number of methoxy groups -OCH3 is 1. The van der Waals surface area contributed by atoms with Gasteiger partial charge in [0.1, 0.15) is 0 Å². The highest BCUT2D eigenvalue weighted by molar-refractivity contribution is 5.55. The van der Waals surface area contributed by atoms with E-state index >= 15 is 0 Å². The van der Waals surface area contributed by atoms with Gasteiger partial charge < -0.3 is 14.6 Å².